The van der Waals surface area contributed by atoms with Gasteiger partial charge in [-0.05, 0) is 25.7 Å². The van der Waals surface area contributed by atoms with Crippen molar-refractivity contribution in [3.8, 4) is 0 Å². The number of hydrogen-bond acceptors (Lipinski definition) is 5. The zero-order valence-electron chi connectivity index (χ0n) is 10.3. The summed E-state index contributed by atoms with van der Waals surface area (Å²) in [6.07, 6.45) is 7.43. The predicted molar refractivity (Wildman–Crippen MR) is 70.5 cm³/mol. The van der Waals surface area contributed by atoms with Gasteiger partial charge in [-0.1, -0.05) is 12.8 Å². The van der Waals surface area contributed by atoms with Crippen LogP contribution in [0, 0.1) is 0 Å². The van der Waals surface area contributed by atoms with Crippen LogP contribution in [0.25, 0.3) is 0 Å². The molecular weight excluding hydrogens is 232 g/mol. The van der Waals surface area contributed by atoms with Crippen LogP contribution in [0.1, 0.15) is 50.3 Å². The molecule has 2 unspecified atom stereocenters. The predicted octanol–water partition coefficient (Wildman–Crippen LogP) is 2.12. The number of hydrogen-bond donors (Lipinski definition) is 1. The van der Waals surface area contributed by atoms with E-state index in [1.165, 1.54) is 43.6 Å². The molecule has 2 aliphatic rings. The van der Waals surface area contributed by atoms with Gasteiger partial charge in [-0.15, -0.1) is 0 Å². The molecule has 0 saturated heterocycles. The Labute approximate surface area is 106 Å². The zero-order chi connectivity index (χ0) is 11.8. The van der Waals surface area contributed by atoms with Gasteiger partial charge in [0.05, 0.1) is 0 Å². The molecule has 1 aromatic rings. The van der Waals surface area contributed by atoms with E-state index in [9.17, 15) is 0 Å². The molecule has 0 aliphatic heterocycles. The van der Waals surface area contributed by atoms with Crippen LogP contribution in [-0.4, -0.2) is 28.5 Å². The van der Waals surface area contributed by atoms with Gasteiger partial charge in [0, 0.05) is 36.6 Å². The Morgan fingerprint density at radius 1 is 1.24 bits per heavy atom. The van der Waals surface area contributed by atoms with E-state index in [1.807, 2.05) is 0 Å². The average Bonchev–Trinajstić information content (AvgIpc) is 3.07. The van der Waals surface area contributed by atoms with Gasteiger partial charge in [-0.2, -0.15) is 4.37 Å². The van der Waals surface area contributed by atoms with Crippen LogP contribution in [0.5, 0.6) is 0 Å². The molecule has 1 aromatic heterocycles. The first kappa shape index (κ1) is 11.4. The Kier molecular flexibility index (Phi) is 3.04. The van der Waals surface area contributed by atoms with Crippen molar-refractivity contribution in [1.29, 1.82) is 0 Å². The summed E-state index contributed by atoms with van der Waals surface area (Å²) in [6.45, 7) is 0. The smallest absolute Gasteiger partial charge is 0.205 e. The van der Waals surface area contributed by atoms with E-state index in [0.717, 1.165) is 17.4 Å². The topological polar surface area (TPSA) is 55.0 Å². The third-order valence-electron chi connectivity index (χ3n) is 3.95. The van der Waals surface area contributed by atoms with Gasteiger partial charge < -0.3 is 10.6 Å². The largest absolute Gasteiger partial charge is 0.345 e. The second-order valence-corrected chi connectivity index (χ2v) is 6.07. The highest BCUT2D eigenvalue weighted by Crippen LogP contribution is 2.40. The lowest BCUT2D eigenvalue weighted by Gasteiger charge is -2.35. The summed E-state index contributed by atoms with van der Waals surface area (Å²) in [7, 11) is 2.12. The molecule has 0 amide bonds. The number of rotatable bonds is 3. The molecule has 5 heteroatoms. The molecule has 4 nitrogen and oxygen atoms in total. The van der Waals surface area contributed by atoms with E-state index >= 15 is 0 Å². The minimum absolute atomic E-state index is 0.294. The van der Waals surface area contributed by atoms with Crippen LogP contribution in [0.2, 0.25) is 0 Å². The van der Waals surface area contributed by atoms with E-state index in [-0.39, 0.29) is 0 Å². The lowest BCUT2D eigenvalue weighted by Crippen LogP contribution is -2.48. The quantitative estimate of drug-likeness (QED) is 0.895. The monoisotopic (exact) mass is 252 g/mol. The maximum atomic E-state index is 6.21. The molecule has 1 heterocycles. The fourth-order valence-corrected chi connectivity index (χ4v) is 3.40. The number of anilines is 1. The van der Waals surface area contributed by atoms with Gasteiger partial charge >= 0.3 is 0 Å². The first-order valence-electron chi connectivity index (χ1n) is 6.57. The average molecular weight is 252 g/mol. The summed E-state index contributed by atoms with van der Waals surface area (Å²) in [4.78, 5) is 6.92. The molecule has 2 atom stereocenters. The highest BCUT2D eigenvalue weighted by Gasteiger charge is 2.31. The molecule has 17 heavy (non-hydrogen) atoms. The van der Waals surface area contributed by atoms with E-state index in [4.69, 9.17) is 5.73 Å². The normalized spacial score (nSPS) is 29.3. The highest BCUT2D eigenvalue weighted by atomic mass is 32.1. The number of nitrogens with zero attached hydrogens (tertiary/aromatic N) is 3. The molecule has 2 N–H and O–H groups in total. The van der Waals surface area contributed by atoms with Crippen molar-refractivity contribution in [2.45, 2.75) is 56.5 Å². The summed E-state index contributed by atoms with van der Waals surface area (Å²) in [6, 6.07) is 0.741. The van der Waals surface area contributed by atoms with Crippen molar-refractivity contribution >= 4 is 16.7 Å². The van der Waals surface area contributed by atoms with E-state index in [2.05, 4.69) is 21.3 Å². The van der Waals surface area contributed by atoms with Gasteiger partial charge in [0.25, 0.3) is 0 Å². The van der Waals surface area contributed by atoms with Gasteiger partial charge in [-0.3, -0.25) is 0 Å². The summed E-state index contributed by atoms with van der Waals surface area (Å²) in [5.74, 6) is 1.70. The van der Waals surface area contributed by atoms with Crippen LogP contribution in [-0.2, 0) is 0 Å². The Morgan fingerprint density at radius 2 is 2.00 bits per heavy atom. The standard InChI is InChI=1S/C12H20N4S/c1-16(10-5-3-2-4-9(10)13)12-14-11(15-17-12)8-6-7-8/h8-10H,2-7,13H2,1H3. The Morgan fingerprint density at radius 3 is 2.71 bits per heavy atom. The molecule has 0 aromatic carbocycles. The highest BCUT2D eigenvalue weighted by molar-refractivity contribution is 7.09. The minimum atomic E-state index is 0.294. The van der Waals surface area contributed by atoms with E-state index < -0.39 is 0 Å². The number of nitrogens with two attached hydrogens (primary N) is 1. The van der Waals surface area contributed by atoms with E-state index in [0.29, 0.717) is 18.0 Å². The molecule has 2 saturated carbocycles. The Bertz CT molecular complexity index is 388. The van der Waals surface area contributed by atoms with Gasteiger partial charge in [0.1, 0.15) is 5.82 Å². The molecule has 2 aliphatic carbocycles. The Balaban J connectivity index is 1.72. The SMILES string of the molecule is CN(c1nc(C2CC2)ns1)C1CCCCC1N. The van der Waals surface area contributed by atoms with Crippen molar-refractivity contribution in [2.75, 3.05) is 11.9 Å². The second kappa shape index (κ2) is 4.53. The van der Waals surface area contributed by atoms with Crippen LogP contribution in [0.4, 0.5) is 5.13 Å². The van der Waals surface area contributed by atoms with Gasteiger partial charge in [0.15, 0.2) is 0 Å². The van der Waals surface area contributed by atoms with Crippen molar-refractivity contribution < 1.29 is 0 Å². The first-order valence-corrected chi connectivity index (χ1v) is 7.35. The number of aromatic nitrogens is 2. The first-order chi connectivity index (χ1) is 8.25. The summed E-state index contributed by atoms with van der Waals surface area (Å²) in [5, 5.41) is 1.05. The van der Waals surface area contributed by atoms with Gasteiger partial charge in [-0.25, -0.2) is 4.98 Å². The van der Waals surface area contributed by atoms with E-state index in [1.54, 1.807) is 0 Å². The van der Waals surface area contributed by atoms with Crippen LogP contribution in [0.15, 0.2) is 0 Å². The molecule has 94 valence electrons. The minimum Gasteiger partial charge on any atom is -0.345 e. The summed E-state index contributed by atoms with van der Waals surface area (Å²) in [5.41, 5.74) is 6.21. The molecule has 0 spiro atoms. The molecule has 0 bridgehead atoms. The van der Waals surface area contributed by atoms with Crippen LogP contribution >= 0.6 is 11.5 Å². The summed E-state index contributed by atoms with van der Waals surface area (Å²) < 4.78 is 4.47. The van der Waals surface area contributed by atoms with Crippen molar-refractivity contribution in [1.82, 2.24) is 9.36 Å². The fraction of sp³-hybridized carbons (Fsp3) is 0.833. The molecule has 2 fully saturated rings. The third kappa shape index (κ3) is 2.31. The van der Waals surface area contributed by atoms with Crippen molar-refractivity contribution in [3.63, 3.8) is 0 Å². The van der Waals surface area contributed by atoms with Crippen molar-refractivity contribution in [2.24, 2.45) is 5.73 Å². The number of likely N-dealkylation sites (N-methyl/N-ethyl adjacent to an activating group) is 1. The molecule has 3 rings (SSSR count). The van der Waals surface area contributed by atoms with Crippen molar-refractivity contribution in [3.05, 3.63) is 5.82 Å². The van der Waals surface area contributed by atoms with Gasteiger partial charge in [0.2, 0.25) is 5.13 Å². The van der Waals surface area contributed by atoms with Crippen LogP contribution in [0.3, 0.4) is 0 Å². The fourth-order valence-electron chi connectivity index (χ4n) is 2.64. The lowest BCUT2D eigenvalue weighted by atomic mass is 9.90. The Hall–Kier alpha value is -0.680. The molecular formula is C12H20N4S. The molecule has 0 radical (unpaired) electrons. The zero-order valence-corrected chi connectivity index (χ0v) is 11.1. The lowest BCUT2D eigenvalue weighted by molar-refractivity contribution is 0.373. The second-order valence-electron chi connectivity index (χ2n) is 5.34. The maximum absolute atomic E-state index is 6.21. The summed E-state index contributed by atoms with van der Waals surface area (Å²) >= 11 is 1.53. The maximum Gasteiger partial charge on any atom is 0.205 e. The third-order valence-corrected chi connectivity index (χ3v) is 4.78. The van der Waals surface area contributed by atoms with Crippen LogP contribution < -0.4 is 10.6 Å².